The van der Waals surface area contributed by atoms with E-state index < -0.39 is 0 Å². The van der Waals surface area contributed by atoms with Crippen molar-refractivity contribution in [2.24, 2.45) is 0 Å². The fourth-order valence-corrected chi connectivity index (χ4v) is 3.73. The molecule has 5 rings (SSSR count). The number of nitrogen functional groups attached to an aromatic ring is 2. The van der Waals surface area contributed by atoms with Gasteiger partial charge in [0.05, 0.1) is 0 Å². The van der Waals surface area contributed by atoms with E-state index in [1.807, 2.05) is 24.3 Å². The quantitative estimate of drug-likeness (QED) is 0.321. The van der Waals surface area contributed by atoms with E-state index in [0.717, 1.165) is 27.9 Å². The molecule has 0 spiro atoms. The van der Waals surface area contributed by atoms with Crippen molar-refractivity contribution in [3.63, 3.8) is 0 Å². The molecule has 0 amide bonds. The van der Waals surface area contributed by atoms with Crippen LogP contribution in [0.3, 0.4) is 0 Å². The predicted octanol–water partition coefficient (Wildman–Crippen LogP) is 5.42. The lowest BCUT2D eigenvalue weighted by atomic mass is 9.90. The topological polar surface area (TPSA) is 52.0 Å². The van der Waals surface area contributed by atoms with Crippen molar-refractivity contribution in [3.8, 4) is 11.1 Å². The number of benzene rings is 5. The molecule has 0 unspecified atom stereocenters. The van der Waals surface area contributed by atoms with Crippen molar-refractivity contribution in [2.75, 3.05) is 11.5 Å². The second kappa shape index (κ2) is 4.62. The fraction of sp³-hybridized carbons (Fsp3) is 0. The molecule has 0 bridgehead atoms. The zero-order valence-electron chi connectivity index (χ0n) is 13.1. The van der Waals surface area contributed by atoms with Gasteiger partial charge in [0.1, 0.15) is 0 Å². The Bertz CT molecular complexity index is 1190. The first-order chi connectivity index (χ1) is 11.7. The van der Waals surface area contributed by atoms with Crippen molar-refractivity contribution < 1.29 is 0 Å². The Morgan fingerprint density at radius 2 is 1.25 bits per heavy atom. The first kappa shape index (κ1) is 13.2. The first-order valence-corrected chi connectivity index (χ1v) is 8.04. The highest BCUT2D eigenvalue weighted by molar-refractivity contribution is 6.26. The largest absolute Gasteiger partial charge is 0.399 e. The third-order valence-electron chi connectivity index (χ3n) is 4.91. The van der Waals surface area contributed by atoms with Crippen LogP contribution in [0.4, 0.5) is 11.4 Å². The predicted molar refractivity (Wildman–Crippen MR) is 104 cm³/mol. The van der Waals surface area contributed by atoms with E-state index in [-0.39, 0.29) is 0 Å². The first-order valence-electron chi connectivity index (χ1n) is 8.04. The van der Waals surface area contributed by atoms with E-state index >= 15 is 0 Å². The summed E-state index contributed by atoms with van der Waals surface area (Å²) in [6, 6.07) is 25.2. The Balaban J connectivity index is 1.94. The van der Waals surface area contributed by atoms with Crippen molar-refractivity contribution in [1.29, 1.82) is 0 Å². The second-order valence-corrected chi connectivity index (χ2v) is 6.32. The Kier molecular flexibility index (Phi) is 2.54. The van der Waals surface area contributed by atoms with E-state index in [4.69, 9.17) is 11.5 Å². The average Bonchev–Trinajstić information content (AvgIpc) is 2.62. The Hall–Kier alpha value is -3.26. The summed E-state index contributed by atoms with van der Waals surface area (Å²) in [5.74, 6) is 0. The molecule has 0 saturated heterocycles. The van der Waals surface area contributed by atoms with Crippen LogP contribution < -0.4 is 11.5 Å². The van der Waals surface area contributed by atoms with Crippen LogP contribution in [-0.2, 0) is 0 Å². The molecule has 0 aliphatic rings. The fourth-order valence-electron chi connectivity index (χ4n) is 3.73. The van der Waals surface area contributed by atoms with Crippen molar-refractivity contribution in [3.05, 3.63) is 72.8 Å². The average molecular weight is 308 g/mol. The van der Waals surface area contributed by atoms with Crippen molar-refractivity contribution in [2.45, 2.75) is 0 Å². The van der Waals surface area contributed by atoms with Gasteiger partial charge in [-0.3, -0.25) is 0 Å². The van der Waals surface area contributed by atoms with Crippen LogP contribution in [0.15, 0.2) is 72.8 Å². The Labute approximate surface area is 139 Å². The Morgan fingerprint density at radius 1 is 0.583 bits per heavy atom. The molecule has 0 fully saturated rings. The number of rotatable bonds is 1. The molecular formula is C22H16N2. The highest BCUT2D eigenvalue weighted by Gasteiger charge is 2.13. The molecule has 4 N–H and O–H groups in total. The smallest absolute Gasteiger partial charge is 0.0474 e. The summed E-state index contributed by atoms with van der Waals surface area (Å²) in [5.41, 5.74) is 16.1. The van der Waals surface area contributed by atoms with Gasteiger partial charge < -0.3 is 11.5 Å². The minimum atomic E-state index is 0.759. The van der Waals surface area contributed by atoms with Gasteiger partial charge in [-0.15, -0.1) is 0 Å². The van der Waals surface area contributed by atoms with Crippen LogP contribution in [0.5, 0.6) is 0 Å². The van der Waals surface area contributed by atoms with Crippen molar-refractivity contribution >= 4 is 43.7 Å². The van der Waals surface area contributed by atoms with Gasteiger partial charge in [-0.2, -0.15) is 0 Å². The molecule has 2 heteroatoms. The summed E-state index contributed by atoms with van der Waals surface area (Å²) in [4.78, 5) is 0. The minimum absolute atomic E-state index is 0.759. The van der Waals surface area contributed by atoms with Crippen LogP contribution in [-0.4, -0.2) is 0 Å². The maximum absolute atomic E-state index is 6.57. The molecule has 0 radical (unpaired) electrons. The molecule has 2 nitrogen and oxygen atoms in total. The van der Waals surface area contributed by atoms with Gasteiger partial charge in [0.15, 0.2) is 0 Å². The summed E-state index contributed by atoms with van der Waals surface area (Å²) in [6.45, 7) is 0. The molecule has 0 aliphatic carbocycles. The summed E-state index contributed by atoms with van der Waals surface area (Å²) >= 11 is 0. The van der Waals surface area contributed by atoms with Gasteiger partial charge in [-0.05, 0) is 50.7 Å². The Morgan fingerprint density at radius 3 is 2.00 bits per heavy atom. The van der Waals surface area contributed by atoms with E-state index in [1.165, 1.54) is 26.9 Å². The van der Waals surface area contributed by atoms with Gasteiger partial charge in [0.2, 0.25) is 0 Å². The molecule has 0 atom stereocenters. The highest BCUT2D eigenvalue weighted by atomic mass is 14.6. The maximum atomic E-state index is 6.57. The summed E-state index contributed by atoms with van der Waals surface area (Å²) in [6.07, 6.45) is 0. The molecule has 5 aromatic carbocycles. The van der Waals surface area contributed by atoms with E-state index in [9.17, 15) is 0 Å². The molecule has 0 heterocycles. The molecule has 114 valence electrons. The van der Waals surface area contributed by atoms with Gasteiger partial charge in [0.25, 0.3) is 0 Å². The van der Waals surface area contributed by atoms with Gasteiger partial charge >= 0.3 is 0 Å². The molecular weight excluding hydrogens is 292 g/mol. The number of nitrogens with two attached hydrogens (primary N) is 2. The lowest BCUT2D eigenvalue weighted by molar-refractivity contribution is 1.64. The molecule has 5 aromatic rings. The van der Waals surface area contributed by atoms with E-state index in [0.29, 0.717) is 0 Å². The van der Waals surface area contributed by atoms with Crippen LogP contribution in [0.25, 0.3) is 43.4 Å². The maximum Gasteiger partial charge on any atom is 0.0474 e. The second-order valence-electron chi connectivity index (χ2n) is 6.32. The van der Waals surface area contributed by atoms with Gasteiger partial charge in [-0.1, -0.05) is 54.6 Å². The van der Waals surface area contributed by atoms with Crippen LogP contribution in [0, 0.1) is 0 Å². The van der Waals surface area contributed by atoms with Crippen molar-refractivity contribution in [1.82, 2.24) is 0 Å². The van der Waals surface area contributed by atoms with E-state index in [1.54, 1.807) is 0 Å². The zero-order valence-corrected chi connectivity index (χ0v) is 13.1. The number of hydrogen-bond donors (Lipinski definition) is 2. The van der Waals surface area contributed by atoms with E-state index in [2.05, 4.69) is 48.5 Å². The monoisotopic (exact) mass is 308 g/mol. The summed E-state index contributed by atoms with van der Waals surface area (Å²) in [5, 5.41) is 7.39. The number of hydrogen-bond acceptors (Lipinski definition) is 2. The SMILES string of the molecule is Nc1ccc(-c2cc3ccc4cccc5ccc(c2N)c3c45)cc1. The number of anilines is 2. The summed E-state index contributed by atoms with van der Waals surface area (Å²) < 4.78 is 0. The van der Waals surface area contributed by atoms with Crippen LogP contribution in [0.2, 0.25) is 0 Å². The molecule has 0 aromatic heterocycles. The molecule has 0 aliphatic heterocycles. The third-order valence-corrected chi connectivity index (χ3v) is 4.91. The lowest BCUT2D eigenvalue weighted by Gasteiger charge is -2.15. The van der Waals surface area contributed by atoms with Gasteiger partial charge in [0, 0.05) is 22.3 Å². The minimum Gasteiger partial charge on any atom is -0.399 e. The van der Waals surface area contributed by atoms with Crippen LogP contribution in [0.1, 0.15) is 0 Å². The summed E-state index contributed by atoms with van der Waals surface area (Å²) in [7, 11) is 0. The lowest BCUT2D eigenvalue weighted by Crippen LogP contribution is -1.94. The zero-order chi connectivity index (χ0) is 16.3. The highest BCUT2D eigenvalue weighted by Crippen LogP contribution is 2.41. The third kappa shape index (κ3) is 1.71. The molecule has 24 heavy (non-hydrogen) atoms. The standard InChI is InChI=1S/C22H16N2/c23-17-9-6-13(7-10-17)19-12-16-5-4-14-2-1-3-15-8-11-18(22(19)24)21(16)20(14)15/h1-12H,23-24H2. The van der Waals surface area contributed by atoms with Gasteiger partial charge in [-0.25, -0.2) is 0 Å². The normalized spacial score (nSPS) is 11.7. The molecule has 0 saturated carbocycles. The van der Waals surface area contributed by atoms with Crippen LogP contribution >= 0.6 is 0 Å².